The lowest BCUT2D eigenvalue weighted by molar-refractivity contribution is 0.584. The smallest absolute Gasteiger partial charge is 0.315 e. The summed E-state index contributed by atoms with van der Waals surface area (Å²) in [6.07, 6.45) is 5.17. The van der Waals surface area contributed by atoms with E-state index in [4.69, 9.17) is 4.42 Å². The van der Waals surface area contributed by atoms with Gasteiger partial charge in [0.15, 0.2) is 0 Å². The minimum atomic E-state index is 0.360. The number of hydrogen-bond donors (Lipinski definition) is 2. The molecule has 122 valence electrons. The normalized spacial score (nSPS) is 10.4. The van der Waals surface area contributed by atoms with Crippen LogP contribution in [0.4, 0.5) is 17.4 Å². The molecule has 24 heavy (non-hydrogen) atoms. The van der Waals surface area contributed by atoms with Gasteiger partial charge in [0, 0.05) is 18.4 Å². The zero-order chi connectivity index (χ0) is 16.9. The van der Waals surface area contributed by atoms with E-state index in [0.717, 1.165) is 22.5 Å². The predicted molar refractivity (Wildman–Crippen MR) is 95.4 cm³/mol. The SMILES string of the molecule is C=CCNc1nnc(-c2ccncc2Nc2ccc(C)cc2C)o1. The number of anilines is 3. The van der Waals surface area contributed by atoms with Crippen molar-refractivity contribution in [1.82, 2.24) is 15.2 Å². The molecule has 2 heterocycles. The Morgan fingerprint density at radius 1 is 1.17 bits per heavy atom. The standard InChI is InChI=1S/C18H19N5O/c1-4-8-20-18-23-22-17(24-18)14-7-9-19-11-16(14)21-15-6-5-12(2)10-13(15)3/h4-7,9-11,21H,1,8H2,2-3H3,(H,20,23). The summed E-state index contributed by atoms with van der Waals surface area (Å²) < 4.78 is 5.65. The maximum atomic E-state index is 5.65. The Kier molecular flexibility index (Phi) is 4.56. The van der Waals surface area contributed by atoms with Gasteiger partial charge in [-0.15, -0.1) is 11.7 Å². The minimum absolute atomic E-state index is 0.360. The predicted octanol–water partition coefficient (Wildman–Crippen LogP) is 4.09. The molecule has 0 saturated heterocycles. The van der Waals surface area contributed by atoms with Crippen molar-refractivity contribution in [3.8, 4) is 11.5 Å². The first-order valence-corrected chi connectivity index (χ1v) is 7.64. The quantitative estimate of drug-likeness (QED) is 0.666. The van der Waals surface area contributed by atoms with Gasteiger partial charge >= 0.3 is 6.01 Å². The molecule has 3 rings (SSSR count). The second-order valence-electron chi connectivity index (χ2n) is 5.45. The maximum absolute atomic E-state index is 5.65. The van der Waals surface area contributed by atoms with Crippen LogP contribution in [-0.4, -0.2) is 21.7 Å². The first-order valence-electron chi connectivity index (χ1n) is 7.64. The highest BCUT2D eigenvalue weighted by atomic mass is 16.4. The highest BCUT2D eigenvalue weighted by Gasteiger charge is 2.13. The van der Waals surface area contributed by atoms with Gasteiger partial charge in [0.2, 0.25) is 0 Å². The second kappa shape index (κ2) is 6.95. The molecule has 0 amide bonds. The fourth-order valence-corrected chi connectivity index (χ4v) is 2.34. The number of benzene rings is 1. The van der Waals surface area contributed by atoms with Crippen molar-refractivity contribution in [3.63, 3.8) is 0 Å². The highest BCUT2D eigenvalue weighted by Crippen LogP contribution is 2.30. The molecule has 0 saturated carbocycles. The van der Waals surface area contributed by atoms with E-state index >= 15 is 0 Å². The number of nitrogens with one attached hydrogen (secondary N) is 2. The Labute approximate surface area is 140 Å². The molecule has 0 bridgehead atoms. The van der Waals surface area contributed by atoms with Crippen LogP contribution < -0.4 is 10.6 Å². The number of hydrogen-bond acceptors (Lipinski definition) is 6. The summed E-state index contributed by atoms with van der Waals surface area (Å²) >= 11 is 0. The van der Waals surface area contributed by atoms with Crippen LogP contribution in [0.5, 0.6) is 0 Å². The third-order valence-corrected chi connectivity index (χ3v) is 3.53. The fourth-order valence-electron chi connectivity index (χ4n) is 2.34. The molecular formula is C18H19N5O. The van der Waals surface area contributed by atoms with Crippen LogP contribution in [0.1, 0.15) is 11.1 Å². The molecule has 0 spiro atoms. The summed E-state index contributed by atoms with van der Waals surface area (Å²) in [6.45, 7) is 8.34. The molecule has 0 aliphatic heterocycles. The average Bonchev–Trinajstić information content (AvgIpc) is 3.05. The molecule has 3 aromatic rings. The van der Waals surface area contributed by atoms with Crippen LogP contribution in [0, 0.1) is 13.8 Å². The summed E-state index contributed by atoms with van der Waals surface area (Å²) in [5.41, 5.74) is 5.00. The average molecular weight is 321 g/mol. The molecule has 1 aromatic carbocycles. The Hall–Kier alpha value is -3.15. The number of aromatic nitrogens is 3. The van der Waals surface area contributed by atoms with Gasteiger partial charge in [-0.05, 0) is 31.5 Å². The van der Waals surface area contributed by atoms with Gasteiger partial charge < -0.3 is 15.1 Å². The lowest BCUT2D eigenvalue weighted by Crippen LogP contribution is -1.97. The van der Waals surface area contributed by atoms with Crippen LogP contribution in [0.3, 0.4) is 0 Å². The van der Waals surface area contributed by atoms with Crippen molar-refractivity contribution < 1.29 is 4.42 Å². The Morgan fingerprint density at radius 2 is 2.04 bits per heavy atom. The maximum Gasteiger partial charge on any atom is 0.315 e. The molecule has 0 aliphatic rings. The van der Waals surface area contributed by atoms with E-state index < -0.39 is 0 Å². The Morgan fingerprint density at radius 3 is 2.83 bits per heavy atom. The topological polar surface area (TPSA) is 75.9 Å². The fraction of sp³-hybridized carbons (Fsp3) is 0.167. The van der Waals surface area contributed by atoms with E-state index in [1.54, 1.807) is 18.5 Å². The first-order chi connectivity index (χ1) is 11.7. The van der Waals surface area contributed by atoms with Gasteiger partial charge in [0.1, 0.15) is 0 Å². The molecular weight excluding hydrogens is 302 g/mol. The lowest BCUT2D eigenvalue weighted by Gasteiger charge is -2.12. The number of nitrogens with zero attached hydrogens (tertiary/aromatic N) is 3. The van der Waals surface area contributed by atoms with Crippen molar-refractivity contribution in [2.45, 2.75) is 13.8 Å². The summed E-state index contributed by atoms with van der Waals surface area (Å²) in [6, 6.07) is 8.44. The van der Waals surface area contributed by atoms with Crippen LogP contribution >= 0.6 is 0 Å². The largest absolute Gasteiger partial charge is 0.403 e. The van der Waals surface area contributed by atoms with Crippen LogP contribution in [0.15, 0.2) is 53.7 Å². The van der Waals surface area contributed by atoms with E-state index in [-0.39, 0.29) is 0 Å². The lowest BCUT2D eigenvalue weighted by atomic mass is 10.1. The monoisotopic (exact) mass is 321 g/mol. The van der Waals surface area contributed by atoms with E-state index in [9.17, 15) is 0 Å². The van der Waals surface area contributed by atoms with Crippen molar-refractivity contribution in [2.75, 3.05) is 17.2 Å². The van der Waals surface area contributed by atoms with Gasteiger partial charge in [0.05, 0.1) is 17.4 Å². The number of pyridine rings is 1. The third-order valence-electron chi connectivity index (χ3n) is 3.53. The zero-order valence-corrected chi connectivity index (χ0v) is 13.7. The van der Waals surface area contributed by atoms with Crippen molar-refractivity contribution >= 4 is 17.4 Å². The van der Waals surface area contributed by atoms with E-state index in [1.807, 2.05) is 12.1 Å². The molecule has 0 aliphatic carbocycles. The summed E-state index contributed by atoms with van der Waals surface area (Å²) in [5, 5.41) is 14.4. The molecule has 0 unspecified atom stereocenters. The van der Waals surface area contributed by atoms with Crippen molar-refractivity contribution in [2.24, 2.45) is 0 Å². The zero-order valence-electron chi connectivity index (χ0n) is 13.7. The van der Waals surface area contributed by atoms with Gasteiger partial charge in [-0.3, -0.25) is 4.98 Å². The van der Waals surface area contributed by atoms with Gasteiger partial charge in [0.25, 0.3) is 5.89 Å². The Bertz CT molecular complexity index is 856. The number of aryl methyl sites for hydroxylation is 2. The van der Waals surface area contributed by atoms with Gasteiger partial charge in [-0.1, -0.05) is 28.9 Å². The summed E-state index contributed by atoms with van der Waals surface area (Å²) in [5.74, 6) is 0.427. The molecule has 2 N–H and O–H groups in total. The molecule has 2 aromatic heterocycles. The third kappa shape index (κ3) is 3.43. The van der Waals surface area contributed by atoms with Crippen molar-refractivity contribution in [3.05, 3.63) is 60.4 Å². The van der Waals surface area contributed by atoms with E-state index in [2.05, 4.69) is 58.4 Å². The summed E-state index contributed by atoms with van der Waals surface area (Å²) in [7, 11) is 0. The van der Waals surface area contributed by atoms with Gasteiger partial charge in [-0.2, -0.15) is 0 Å². The molecule has 0 fully saturated rings. The highest BCUT2D eigenvalue weighted by molar-refractivity contribution is 5.77. The number of rotatable bonds is 6. The summed E-state index contributed by atoms with van der Waals surface area (Å²) in [4.78, 5) is 4.19. The van der Waals surface area contributed by atoms with E-state index in [0.29, 0.717) is 18.5 Å². The first kappa shape index (κ1) is 15.7. The van der Waals surface area contributed by atoms with E-state index in [1.165, 1.54) is 5.56 Å². The van der Waals surface area contributed by atoms with Crippen LogP contribution in [-0.2, 0) is 0 Å². The molecule has 0 atom stereocenters. The molecule has 0 radical (unpaired) electrons. The molecule has 6 heteroatoms. The van der Waals surface area contributed by atoms with Crippen LogP contribution in [0.2, 0.25) is 0 Å². The Balaban J connectivity index is 1.90. The van der Waals surface area contributed by atoms with Gasteiger partial charge in [-0.25, -0.2) is 0 Å². The van der Waals surface area contributed by atoms with Crippen LogP contribution in [0.25, 0.3) is 11.5 Å². The minimum Gasteiger partial charge on any atom is -0.403 e. The molecule has 6 nitrogen and oxygen atoms in total. The second-order valence-corrected chi connectivity index (χ2v) is 5.45. The van der Waals surface area contributed by atoms with Crippen molar-refractivity contribution in [1.29, 1.82) is 0 Å².